The molecule has 0 aliphatic carbocycles. The van der Waals surface area contributed by atoms with Gasteiger partial charge in [-0.25, -0.2) is 34.3 Å². The topological polar surface area (TPSA) is 418 Å². The van der Waals surface area contributed by atoms with Crippen molar-refractivity contribution in [1.82, 2.24) is 74.8 Å². The van der Waals surface area contributed by atoms with E-state index >= 15 is 0 Å². The number of carbonyl (C=O) groups is 2. The summed E-state index contributed by atoms with van der Waals surface area (Å²) in [6, 6.07) is 14.4. The number of anilines is 10. The number of fused-ring (bicyclic) bond motifs is 5. The molecule has 578 valence electrons. The molecule has 0 saturated carbocycles. The summed E-state index contributed by atoms with van der Waals surface area (Å²) >= 11 is 0. The molecular formula is C79H118FN25O2. The number of hydrogen-bond donors (Lipinski definition) is 10. The molecule has 27 nitrogen and oxygen atoms in total. The van der Waals surface area contributed by atoms with Crippen molar-refractivity contribution in [2.45, 2.75) is 273 Å². The fourth-order valence-corrected chi connectivity index (χ4v) is 12.2. The van der Waals surface area contributed by atoms with E-state index in [0.717, 1.165) is 159 Å². The van der Waals surface area contributed by atoms with Crippen molar-refractivity contribution in [3.8, 4) is 0 Å². The third kappa shape index (κ3) is 26.0. The van der Waals surface area contributed by atoms with Gasteiger partial charge in [-0.1, -0.05) is 113 Å². The van der Waals surface area contributed by atoms with Crippen molar-refractivity contribution >= 4 is 126 Å². The van der Waals surface area contributed by atoms with Gasteiger partial charge in [-0.2, -0.15) is 24.9 Å². The average Bonchev–Trinajstić information content (AvgIpc) is 0.825. The van der Waals surface area contributed by atoms with E-state index in [1.54, 1.807) is 38.6 Å². The highest BCUT2D eigenvalue weighted by Gasteiger charge is 2.30. The number of Topliss-reactive ketones (excluding diaryl/α,β-unsaturated/α-hetero) is 2. The molecule has 0 saturated heterocycles. The lowest BCUT2D eigenvalue weighted by Gasteiger charge is -2.31. The Balaban J connectivity index is 0.000000210. The number of pyridine rings is 5. The number of rotatable bonds is 33. The first-order chi connectivity index (χ1) is 50.9. The fourth-order valence-electron chi connectivity index (χ4n) is 12.2. The second-order valence-corrected chi connectivity index (χ2v) is 29.2. The lowest BCUT2D eigenvalue weighted by atomic mass is 9.89. The Morgan fingerprint density at radius 1 is 0.364 bits per heavy atom. The van der Waals surface area contributed by atoms with Gasteiger partial charge in [0.2, 0.25) is 29.7 Å². The van der Waals surface area contributed by atoms with Gasteiger partial charge in [-0.3, -0.25) is 19.9 Å². The molecule has 0 amide bonds. The normalized spacial score (nSPS) is 14.0. The summed E-state index contributed by atoms with van der Waals surface area (Å²) in [7, 11) is 0. The van der Waals surface area contributed by atoms with Gasteiger partial charge in [-0.15, -0.1) is 0 Å². The monoisotopic (exact) mass is 1470 g/mol. The molecule has 10 heterocycles. The second kappa shape index (κ2) is 40.4. The minimum Gasteiger partial charge on any atom is -0.368 e. The number of unbranched alkanes of at least 4 members (excludes halogenated alkanes) is 4. The summed E-state index contributed by atoms with van der Waals surface area (Å²) in [4.78, 5) is 87.1. The number of nitrogen functional groups attached to an aromatic ring is 5. The Morgan fingerprint density at radius 2 is 0.673 bits per heavy atom. The Kier molecular flexibility index (Phi) is 32.4. The van der Waals surface area contributed by atoms with E-state index in [4.69, 9.17) is 28.7 Å². The zero-order valence-corrected chi connectivity index (χ0v) is 66.1. The highest BCUT2D eigenvalue weighted by Crippen LogP contribution is 2.34. The number of aromatic nitrogens is 15. The van der Waals surface area contributed by atoms with E-state index < -0.39 is 5.82 Å². The van der Waals surface area contributed by atoms with Crippen LogP contribution in [0.4, 0.5) is 63.2 Å². The first-order valence-corrected chi connectivity index (χ1v) is 37.9. The maximum Gasteiger partial charge on any atom is 0.222 e. The van der Waals surface area contributed by atoms with Crippen LogP contribution in [-0.2, 0) is 9.59 Å². The summed E-state index contributed by atoms with van der Waals surface area (Å²) in [5, 5.41) is 17.4. The molecule has 28 heteroatoms. The maximum atomic E-state index is 13.3. The van der Waals surface area contributed by atoms with Crippen molar-refractivity contribution in [2.24, 2.45) is 0 Å². The molecule has 0 unspecified atom stereocenters. The number of aryl methyl sites for hydroxylation is 1. The minimum absolute atomic E-state index is 0.00000520. The maximum absolute atomic E-state index is 13.3. The van der Waals surface area contributed by atoms with Crippen molar-refractivity contribution in [3.05, 3.63) is 90.9 Å². The van der Waals surface area contributed by atoms with Crippen LogP contribution >= 0.6 is 0 Å². The molecule has 0 aromatic carbocycles. The molecule has 0 radical (unpaired) electrons. The highest BCUT2D eigenvalue weighted by molar-refractivity contribution is 5.90. The van der Waals surface area contributed by atoms with Crippen LogP contribution in [0.1, 0.15) is 244 Å². The standard InChI is InChI=1S/C18H27N5O.C17H25N5O.C15H22FN5.C15H23N5.C14H21N5/c1-5-6-9-18(4,10-7-13(3)24)23-16-15-14(21-17(19)22-16)12(2)8-11-20-15;1-4-5-9-17(3,10-8-12(2)23)22-15-14-13(7-6-11-19-14)20-16(18)21-15;1-4-6-7-15(3,5-2)21-13-12-11(19-14(17)20-13)8-10(16)9-18-12;1-4-6-9-15(3,5-2)20-13-12-11(8-7-10-17-12)18-14(16)19-13;1-4-8-14(3,5-2)19-12-11-10(7-6-9-16-11)17-13(15)18-12/h8,11H,5-7,9-10H2,1-4H3,(H3,19,21,22,23);6-7,11H,4-5,8-10H2,1-3H3,(H3,18,20,21,22);8-9H,4-7H2,1-3H3,(H3,17,19,20,21);7-8,10H,4-6,9H2,1-3H3,(H3,16,18,19,20);6-7,9H,4-5,8H2,1-3H3,(H3,15,17,18,19)/t18-;17-;2*15-;14-/m00111/s1. The smallest absolute Gasteiger partial charge is 0.222 e. The van der Waals surface area contributed by atoms with Gasteiger partial charge in [0.15, 0.2) is 29.1 Å². The zero-order chi connectivity index (χ0) is 78.5. The van der Waals surface area contributed by atoms with Crippen LogP contribution in [0, 0.1) is 12.7 Å². The minimum atomic E-state index is -0.434. The predicted molar refractivity (Wildman–Crippen MR) is 437 cm³/mol. The molecule has 0 spiro atoms. The van der Waals surface area contributed by atoms with E-state index in [2.05, 4.69) is 191 Å². The van der Waals surface area contributed by atoms with Gasteiger partial charge in [0, 0.05) is 71.4 Å². The molecule has 10 aromatic rings. The van der Waals surface area contributed by atoms with E-state index in [9.17, 15) is 14.0 Å². The third-order valence-corrected chi connectivity index (χ3v) is 19.4. The Bertz CT molecular complexity index is 4510. The van der Waals surface area contributed by atoms with Crippen LogP contribution in [0.3, 0.4) is 0 Å². The molecule has 0 aliphatic heterocycles. The first-order valence-electron chi connectivity index (χ1n) is 37.9. The van der Waals surface area contributed by atoms with Crippen LogP contribution in [0.15, 0.2) is 79.5 Å². The molecular weight excluding hydrogens is 1350 g/mol. The lowest BCUT2D eigenvalue weighted by molar-refractivity contribution is -0.118. The third-order valence-electron chi connectivity index (χ3n) is 19.4. The highest BCUT2D eigenvalue weighted by atomic mass is 19.1. The second-order valence-electron chi connectivity index (χ2n) is 29.2. The predicted octanol–water partition coefficient (Wildman–Crippen LogP) is 16.9. The Labute approximate surface area is 630 Å². The average molecular weight is 1470 g/mol. The van der Waals surface area contributed by atoms with E-state index in [-0.39, 0.29) is 69.0 Å². The van der Waals surface area contributed by atoms with Gasteiger partial charge in [0.1, 0.15) is 45.0 Å². The largest absolute Gasteiger partial charge is 0.368 e. The number of nitrogens with zero attached hydrogens (tertiary/aromatic N) is 15. The molecule has 0 aliphatic rings. The molecule has 10 rings (SSSR count). The fraction of sp³-hybridized carbons (Fsp3) is 0.532. The van der Waals surface area contributed by atoms with Gasteiger partial charge < -0.3 is 64.8 Å². The molecule has 0 fully saturated rings. The van der Waals surface area contributed by atoms with Crippen molar-refractivity contribution in [2.75, 3.05) is 55.3 Å². The van der Waals surface area contributed by atoms with Crippen LogP contribution in [0.5, 0.6) is 0 Å². The molecule has 0 bridgehead atoms. The van der Waals surface area contributed by atoms with Crippen molar-refractivity contribution in [1.29, 1.82) is 0 Å². The van der Waals surface area contributed by atoms with Crippen LogP contribution in [0.2, 0.25) is 0 Å². The van der Waals surface area contributed by atoms with Gasteiger partial charge in [-0.05, 0) is 168 Å². The SMILES string of the molecule is CCCC[C@@](C)(CC)Nc1nc(N)nc2cc(F)cnc12.CCCC[C@@](C)(CC)Nc1nc(N)nc2cccnc12.CCCC[C@@](C)(CCC(C)=O)Nc1nc(N)nc2c(C)ccnc12.CCCC[C@@](C)(CCC(C)=O)Nc1nc(N)nc2cccnc12.CCC[C@@](C)(CC)Nc1nc(N)nc2cccnc12. The molecule has 10 aromatic heterocycles. The van der Waals surface area contributed by atoms with Crippen molar-refractivity contribution < 1.29 is 14.0 Å². The van der Waals surface area contributed by atoms with E-state index in [1.165, 1.54) is 25.1 Å². The summed E-state index contributed by atoms with van der Waals surface area (Å²) < 4.78 is 13.3. The summed E-state index contributed by atoms with van der Waals surface area (Å²) in [6.07, 6.45) is 28.9. The number of nitrogens with one attached hydrogen (secondary N) is 5. The van der Waals surface area contributed by atoms with Gasteiger partial charge in [0.05, 0.1) is 33.8 Å². The quantitative estimate of drug-likeness (QED) is 0.0183. The Hall–Kier alpha value is -10.3. The van der Waals surface area contributed by atoms with E-state index in [1.807, 2.05) is 49.4 Å². The van der Waals surface area contributed by atoms with Gasteiger partial charge >= 0.3 is 0 Å². The zero-order valence-electron chi connectivity index (χ0n) is 66.1. The van der Waals surface area contributed by atoms with Crippen LogP contribution in [-0.4, -0.2) is 114 Å². The van der Waals surface area contributed by atoms with Gasteiger partial charge in [0.25, 0.3) is 0 Å². The Morgan fingerprint density at radius 3 is 1.02 bits per heavy atom. The number of carbonyl (C=O) groups excluding carboxylic acids is 2. The first kappa shape index (κ1) is 85.6. The lowest BCUT2D eigenvalue weighted by Crippen LogP contribution is -2.36. The summed E-state index contributed by atoms with van der Waals surface area (Å²) in [5.74, 6) is 4.37. The number of hydrogen-bond acceptors (Lipinski definition) is 27. The molecule has 5 atom stereocenters. The molecule has 107 heavy (non-hydrogen) atoms. The van der Waals surface area contributed by atoms with Crippen molar-refractivity contribution in [3.63, 3.8) is 0 Å². The van der Waals surface area contributed by atoms with Crippen LogP contribution < -0.4 is 55.3 Å². The summed E-state index contributed by atoms with van der Waals surface area (Å²) in [6.45, 7) is 33.4. The summed E-state index contributed by atoms with van der Waals surface area (Å²) in [5.41, 5.74) is 36.4. The number of ketones is 2. The number of nitrogens with two attached hydrogens (primary N) is 5. The molecule has 15 N–H and O–H groups in total. The number of halogens is 1. The van der Waals surface area contributed by atoms with Crippen LogP contribution in [0.25, 0.3) is 55.2 Å². The van der Waals surface area contributed by atoms with E-state index in [0.29, 0.717) is 52.4 Å².